The van der Waals surface area contributed by atoms with Crippen LogP contribution in [-0.2, 0) is 13.0 Å². The zero-order valence-electron chi connectivity index (χ0n) is 12.6. The first-order chi connectivity index (χ1) is 10.3. The van der Waals surface area contributed by atoms with E-state index in [2.05, 4.69) is 41.7 Å². The maximum absolute atomic E-state index is 5.17. The molecule has 0 radical (unpaired) electrons. The van der Waals surface area contributed by atoms with Gasteiger partial charge in [0, 0.05) is 6.54 Å². The summed E-state index contributed by atoms with van der Waals surface area (Å²) in [4.78, 5) is 0. The Morgan fingerprint density at radius 2 is 1.86 bits per heavy atom. The number of hydrogen-bond acceptors (Lipinski definition) is 2. The smallest absolute Gasteiger partial charge is 0.118 e. The van der Waals surface area contributed by atoms with Crippen LogP contribution in [0, 0.1) is 0 Å². The second-order valence-corrected chi connectivity index (χ2v) is 5.79. The molecule has 110 valence electrons. The maximum atomic E-state index is 5.17. The normalized spacial score (nSPS) is 14.1. The fraction of sp³-hybridized carbons (Fsp3) is 0.368. The van der Waals surface area contributed by atoms with Gasteiger partial charge in [0.25, 0.3) is 0 Å². The van der Waals surface area contributed by atoms with Gasteiger partial charge in [0.15, 0.2) is 0 Å². The number of methoxy groups -OCH3 is 1. The maximum Gasteiger partial charge on any atom is 0.118 e. The van der Waals surface area contributed by atoms with Gasteiger partial charge in [-0.05, 0) is 60.5 Å². The monoisotopic (exact) mass is 281 g/mol. The van der Waals surface area contributed by atoms with Gasteiger partial charge in [0.05, 0.1) is 7.11 Å². The van der Waals surface area contributed by atoms with E-state index in [1.165, 1.54) is 29.5 Å². The Balaban J connectivity index is 1.44. The first-order valence-corrected chi connectivity index (χ1v) is 7.77. The van der Waals surface area contributed by atoms with Crippen LogP contribution in [0.1, 0.15) is 35.4 Å². The lowest BCUT2D eigenvalue weighted by molar-refractivity contribution is 0.414. The summed E-state index contributed by atoms with van der Waals surface area (Å²) in [6.45, 7) is 1.96. The highest BCUT2D eigenvalue weighted by Crippen LogP contribution is 2.40. The molecule has 0 aromatic heterocycles. The van der Waals surface area contributed by atoms with E-state index in [1.54, 1.807) is 7.11 Å². The van der Waals surface area contributed by atoms with E-state index >= 15 is 0 Å². The van der Waals surface area contributed by atoms with E-state index in [1.807, 2.05) is 12.1 Å². The third-order valence-corrected chi connectivity index (χ3v) is 4.08. The Morgan fingerprint density at radius 1 is 1.05 bits per heavy atom. The molecule has 0 saturated heterocycles. The topological polar surface area (TPSA) is 21.3 Å². The lowest BCUT2D eigenvalue weighted by Crippen LogP contribution is -2.16. The summed E-state index contributed by atoms with van der Waals surface area (Å²) < 4.78 is 5.17. The van der Waals surface area contributed by atoms with Crippen LogP contribution in [0.4, 0.5) is 0 Å². The van der Waals surface area contributed by atoms with Crippen molar-refractivity contribution < 1.29 is 4.74 Å². The number of benzene rings is 2. The molecule has 1 aliphatic rings. The molecule has 2 nitrogen and oxygen atoms in total. The van der Waals surface area contributed by atoms with E-state index in [0.29, 0.717) is 0 Å². The molecular weight excluding hydrogens is 258 g/mol. The van der Waals surface area contributed by atoms with Gasteiger partial charge < -0.3 is 10.1 Å². The van der Waals surface area contributed by atoms with Gasteiger partial charge >= 0.3 is 0 Å². The van der Waals surface area contributed by atoms with Gasteiger partial charge in [-0.25, -0.2) is 0 Å². The van der Waals surface area contributed by atoms with Crippen molar-refractivity contribution in [1.82, 2.24) is 5.32 Å². The van der Waals surface area contributed by atoms with Crippen LogP contribution in [0.5, 0.6) is 5.75 Å². The molecule has 2 heteroatoms. The minimum Gasteiger partial charge on any atom is -0.497 e. The van der Waals surface area contributed by atoms with Crippen molar-refractivity contribution in [2.75, 3.05) is 13.7 Å². The van der Waals surface area contributed by atoms with Crippen LogP contribution < -0.4 is 10.1 Å². The number of rotatable bonds is 7. The quantitative estimate of drug-likeness (QED) is 0.777. The van der Waals surface area contributed by atoms with Crippen LogP contribution in [-0.4, -0.2) is 13.7 Å². The van der Waals surface area contributed by atoms with Crippen molar-refractivity contribution in [2.45, 2.75) is 31.7 Å². The lowest BCUT2D eigenvalue weighted by atomic mass is 10.1. The summed E-state index contributed by atoms with van der Waals surface area (Å²) in [5.41, 5.74) is 4.26. The molecule has 0 bridgehead atoms. The first-order valence-electron chi connectivity index (χ1n) is 7.77. The second kappa shape index (κ2) is 6.77. The van der Waals surface area contributed by atoms with Crippen LogP contribution in [0.25, 0.3) is 0 Å². The summed E-state index contributed by atoms with van der Waals surface area (Å²) in [6, 6.07) is 17.3. The van der Waals surface area contributed by atoms with E-state index < -0.39 is 0 Å². The predicted molar refractivity (Wildman–Crippen MR) is 86.8 cm³/mol. The SMILES string of the molecule is COc1ccc(CCNCc2cccc(C3CC3)c2)cc1. The van der Waals surface area contributed by atoms with E-state index in [9.17, 15) is 0 Å². The molecule has 1 fully saturated rings. The molecule has 0 unspecified atom stereocenters. The van der Waals surface area contributed by atoms with E-state index in [-0.39, 0.29) is 0 Å². The number of ether oxygens (including phenoxy) is 1. The fourth-order valence-corrected chi connectivity index (χ4v) is 2.63. The Hall–Kier alpha value is -1.80. The molecule has 3 rings (SSSR count). The van der Waals surface area contributed by atoms with Gasteiger partial charge in [-0.15, -0.1) is 0 Å². The van der Waals surface area contributed by atoms with Crippen molar-refractivity contribution >= 4 is 0 Å². The zero-order valence-corrected chi connectivity index (χ0v) is 12.6. The molecule has 0 amide bonds. The molecule has 0 aliphatic heterocycles. The minimum absolute atomic E-state index is 0.837. The van der Waals surface area contributed by atoms with E-state index in [4.69, 9.17) is 4.74 Å². The molecule has 0 atom stereocenters. The van der Waals surface area contributed by atoms with Crippen molar-refractivity contribution in [3.05, 3.63) is 65.2 Å². The van der Waals surface area contributed by atoms with Gasteiger partial charge in [-0.1, -0.05) is 36.4 Å². The Labute approximate surface area is 127 Å². The highest BCUT2D eigenvalue weighted by Gasteiger charge is 2.23. The lowest BCUT2D eigenvalue weighted by Gasteiger charge is -2.07. The van der Waals surface area contributed by atoms with Crippen LogP contribution in [0.15, 0.2) is 48.5 Å². The van der Waals surface area contributed by atoms with Crippen molar-refractivity contribution in [3.8, 4) is 5.75 Å². The molecular formula is C19H23NO. The number of nitrogens with one attached hydrogen (secondary N) is 1. The average molecular weight is 281 g/mol. The molecule has 0 heterocycles. The van der Waals surface area contributed by atoms with Crippen LogP contribution in [0.2, 0.25) is 0 Å². The summed E-state index contributed by atoms with van der Waals surface area (Å²) in [5.74, 6) is 1.76. The molecule has 1 N–H and O–H groups in total. The summed E-state index contributed by atoms with van der Waals surface area (Å²) in [7, 11) is 1.70. The fourth-order valence-electron chi connectivity index (χ4n) is 2.63. The Kier molecular flexibility index (Phi) is 4.56. The van der Waals surface area contributed by atoms with Gasteiger partial charge in [0.1, 0.15) is 5.75 Å². The highest BCUT2D eigenvalue weighted by atomic mass is 16.5. The largest absolute Gasteiger partial charge is 0.497 e. The van der Waals surface area contributed by atoms with Crippen molar-refractivity contribution in [1.29, 1.82) is 0 Å². The summed E-state index contributed by atoms with van der Waals surface area (Å²) >= 11 is 0. The summed E-state index contributed by atoms with van der Waals surface area (Å²) in [6.07, 6.45) is 3.79. The van der Waals surface area contributed by atoms with Gasteiger partial charge in [0.2, 0.25) is 0 Å². The van der Waals surface area contributed by atoms with Gasteiger partial charge in [-0.2, -0.15) is 0 Å². The molecule has 1 aliphatic carbocycles. The van der Waals surface area contributed by atoms with Crippen molar-refractivity contribution in [3.63, 3.8) is 0 Å². The molecule has 21 heavy (non-hydrogen) atoms. The average Bonchev–Trinajstić information content (AvgIpc) is 3.37. The number of hydrogen-bond donors (Lipinski definition) is 1. The molecule has 2 aromatic rings. The Morgan fingerprint density at radius 3 is 2.57 bits per heavy atom. The highest BCUT2D eigenvalue weighted by molar-refractivity contribution is 5.29. The van der Waals surface area contributed by atoms with Crippen LogP contribution in [0.3, 0.4) is 0 Å². The molecule has 1 saturated carbocycles. The first kappa shape index (κ1) is 14.2. The molecule has 0 spiro atoms. The standard InChI is InChI=1S/C19H23NO/c1-21-19-9-5-15(6-10-19)11-12-20-14-16-3-2-4-18(13-16)17-7-8-17/h2-6,9-10,13,17,20H,7-8,11-12,14H2,1H3. The van der Waals surface area contributed by atoms with Crippen LogP contribution >= 0.6 is 0 Å². The Bertz CT molecular complexity index is 572. The zero-order chi connectivity index (χ0) is 14.5. The minimum atomic E-state index is 0.837. The predicted octanol–water partition coefficient (Wildman–Crippen LogP) is 3.90. The van der Waals surface area contributed by atoms with Crippen molar-refractivity contribution in [2.24, 2.45) is 0 Å². The second-order valence-electron chi connectivity index (χ2n) is 5.79. The third-order valence-electron chi connectivity index (χ3n) is 4.08. The van der Waals surface area contributed by atoms with Gasteiger partial charge in [-0.3, -0.25) is 0 Å². The summed E-state index contributed by atoms with van der Waals surface area (Å²) in [5, 5.41) is 3.53. The molecule has 2 aromatic carbocycles. The van der Waals surface area contributed by atoms with E-state index in [0.717, 1.165) is 31.2 Å². The third kappa shape index (κ3) is 4.08.